The minimum Gasteiger partial charge on any atom is -0.496 e. The quantitative estimate of drug-likeness (QED) is 0.775. The fourth-order valence-corrected chi connectivity index (χ4v) is 5.05. The lowest BCUT2D eigenvalue weighted by Gasteiger charge is -2.52. The summed E-state index contributed by atoms with van der Waals surface area (Å²) < 4.78 is 5.63. The van der Waals surface area contributed by atoms with Gasteiger partial charge in [-0.15, -0.1) is 0 Å². The van der Waals surface area contributed by atoms with Crippen LogP contribution in [0.2, 0.25) is 0 Å². The van der Waals surface area contributed by atoms with Crippen LogP contribution < -0.4 is 4.74 Å². The molecular formula is C25H29NO3. The van der Waals surface area contributed by atoms with E-state index >= 15 is 0 Å². The number of methoxy groups -OCH3 is 1. The van der Waals surface area contributed by atoms with Crippen LogP contribution in [0.5, 0.6) is 5.75 Å². The molecule has 0 spiro atoms. The first-order valence-electron chi connectivity index (χ1n) is 10.5. The third kappa shape index (κ3) is 3.95. The smallest absolute Gasteiger partial charge is 0.247 e. The van der Waals surface area contributed by atoms with E-state index in [1.807, 2.05) is 65.6 Å². The molecule has 1 aliphatic heterocycles. The second kappa shape index (κ2) is 8.42. The maximum Gasteiger partial charge on any atom is 0.247 e. The molecule has 1 unspecified atom stereocenters. The van der Waals surface area contributed by atoms with Crippen LogP contribution in [-0.2, 0) is 4.79 Å². The molecule has 29 heavy (non-hydrogen) atoms. The van der Waals surface area contributed by atoms with Gasteiger partial charge in [0.25, 0.3) is 0 Å². The molecular weight excluding hydrogens is 362 g/mol. The molecule has 2 aliphatic rings. The molecule has 1 amide bonds. The second-order valence-corrected chi connectivity index (χ2v) is 8.17. The van der Waals surface area contributed by atoms with E-state index in [9.17, 15) is 9.90 Å². The number of benzene rings is 2. The van der Waals surface area contributed by atoms with Crippen molar-refractivity contribution in [3.8, 4) is 5.75 Å². The van der Waals surface area contributed by atoms with Gasteiger partial charge in [0.2, 0.25) is 5.91 Å². The molecule has 4 nitrogen and oxygen atoms in total. The van der Waals surface area contributed by atoms with Crippen molar-refractivity contribution in [2.75, 3.05) is 13.7 Å². The van der Waals surface area contributed by atoms with E-state index in [0.717, 1.165) is 42.6 Å². The van der Waals surface area contributed by atoms with Gasteiger partial charge in [-0.2, -0.15) is 0 Å². The highest BCUT2D eigenvalue weighted by Crippen LogP contribution is 2.50. The number of hydrogen-bond donors (Lipinski definition) is 1. The van der Waals surface area contributed by atoms with E-state index in [1.165, 1.54) is 0 Å². The Morgan fingerprint density at radius 1 is 1.10 bits per heavy atom. The van der Waals surface area contributed by atoms with E-state index in [2.05, 4.69) is 0 Å². The van der Waals surface area contributed by atoms with Crippen LogP contribution in [0.25, 0.3) is 6.08 Å². The zero-order valence-corrected chi connectivity index (χ0v) is 17.0. The number of carbonyl (C=O) groups is 1. The number of piperidine rings is 1. The predicted molar refractivity (Wildman–Crippen MR) is 114 cm³/mol. The van der Waals surface area contributed by atoms with Crippen LogP contribution in [0.1, 0.15) is 49.3 Å². The van der Waals surface area contributed by atoms with Crippen LogP contribution in [0.15, 0.2) is 60.7 Å². The molecule has 1 saturated heterocycles. The largest absolute Gasteiger partial charge is 0.496 e. The summed E-state index contributed by atoms with van der Waals surface area (Å²) in [4.78, 5) is 15.2. The van der Waals surface area contributed by atoms with Crippen molar-refractivity contribution in [1.29, 1.82) is 0 Å². The number of fused-ring (bicyclic) bond motifs is 1. The summed E-state index contributed by atoms with van der Waals surface area (Å²) in [6, 6.07) is 17.6. The molecule has 0 aromatic heterocycles. The van der Waals surface area contributed by atoms with Gasteiger partial charge in [0.05, 0.1) is 18.8 Å². The maximum atomic E-state index is 13.3. The fraction of sp³-hybridized carbons (Fsp3) is 0.400. The van der Waals surface area contributed by atoms with E-state index in [-0.39, 0.29) is 17.9 Å². The summed E-state index contributed by atoms with van der Waals surface area (Å²) in [5.41, 5.74) is 1.28. The van der Waals surface area contributed by atoms with E-state index < -0.39 is 5.60 Å². The van der Waals surface area contributed by atoms with Gasteiger partial charge in [0.1, 0.15) is 5.75 Å². The summed E-state index contributed by atoms with van der Waals surface area (Å²) in [6.07, 6.45) is 8.02. The van der Waals surface area contributed by atoms with Gasteiger partial charge in [-0.25, -0.2) is 0 Å². The number of aliphatic hydroxyl groups is 1. The van der Waals surface area contributed by atoms with E-state index in [1.54, 1.807) is 13.2 Å². The summed E-state index contributed by atoms with van der Waals surface area (Å²) in [5.74, 6) is 0.782. The fourth-order valence-electron chi connectivity index (χ4n) is 5.05. The molecule has 0 radical (unpaired) electrons. The molecule has 4 heteroatoms. The van der Waals surface area contributed by atoms with Gasteiger partial charge in [-0.05, 0) is 37.0 Å². The van der Waals surface area contributed by atoms with Crippen molar-refractivity contribution in [1.82, 2.24) is 4.90 Å². The average Bonchev–Trinajstić information content (AvgIpc) is 2.77. The summed E-state index contributed by atoms with van der Waals surface area (Å²) in [5, 5.41) is 11.4. The third-order valence-corrected chi connectivity index (χ3v) is 6.53. The molecule has 0 bridgehead atoms. The number of rotatable bonds is 4. The highest BCUT2D eigenvalue weighted by atomic mass is 16.5. The van der Waals surface area contributed by atoms with Crippen molar-refractivity contribution in [3.63, 3.8) is 0 Å². The Morgan fingerprint density at radius 2 is 1.86 bits per heavy atom. The van der Waals surface area contributed by atoms with Crippen molar-refractivity contribution < 1.29 is 14.6 Å². The first-order chi connectivity index (χ1) is 14.1. The highest BCUT2D eigenvalue weighted by molar-refractivity contribution is 5.92. The van der Waals surface area contributed by atoms with Crippen LogP contribution in [0.4, 0.5) is 0 Å². The number of para-hydroxylation sites is 1. The summed E-state index contributed by atoms with van der Waals surface area (Å²) in [6.45, 7) is 0.549. The van der Waals surface area contributed by atoms with Gasteiger partial charge in [-0.3, -0.25) is 4.79 Å². The maximum absolute atomic E-state index is 13.3. The lowest BCUT2D eigenvalue weighted by atomic mass is 9.66. The molecule has 4 rings (SSSR count). The minimum absolute atomic E-state index is 0.0163. The Balaban J connectivity index is 1.69. The normalized spacial score (nSPS) is 26.9. The first kappa shape index (κ1) is 19.7. The van der Waals surface area contributed by atoms with Gasteiger partial charge >= 0.3 is 0 Å². The first-order valence-corrected chi connectivity index (χ1v) is 10.5. The van der Waals surface area contributed by atoms with Crippen molar-refractivity contribution in [2.24, 2.45) is 5.92 Å². The molecule has 1 saturated carbocycles. The summed E-state index contributed by atoms with van der Waals surface area (Å²) >= 11 is 0. The standard InChI is InChI=1S/C25H29NO3/c1-29-22-13-6-5-11-20(22)24-21-12-7-8-16-25(21,28)17-18-26(24)23(27)15-14-19-9-3-2-4-10-19/h2-6,9-11,13-15,21,24,28H,7-8,12,16-18H2,1H3/b15-14+/t21-,24?,25-/m0/s1. The Kier molecular flexibility index (Phi) is 5.72. The van der Waals surface area contributed by atoms with Gasteiger partial charge < -0.3 is 14.7 Å². The molecule has 1 heterocycles. The monoisotopic (exact) mass is 391 g/mol. The predicted octanol–water partition coefficient (Wildman–Crippen LogP) is 4.60. The molecule has 2 fully saturated rings. The van der Waals surface area contributed by atoms with Crippen LogP contribution in [-0.4, -0.2) is 35.2 Å². The zero-order valence-electron chi connectivity index (χ0n) is 17.0. The molecule has 1 N–H and O–H groups in total. The zero-order chi connectivity index (χ0) is 20.3. The summed E-state index contributed by atoms with van der Waals surface area (Å²) in [7, 11) is 1.66. The van der Waals surface area contributed by atoms with E-state index in [0.29, 0.717) is 13.0 Å². The Hall–Kier alpha value is -2.59. The molecule has 2 aromatic carbocycles. The minimum atomic E-state index is -0.705. The number of nitrogens with zero attached hydrogens (tertiary/aromatic N) is 1. The van der Waals surface area contributed by atoms with Crippen molar-refractivity contribution in [3.05, 3.63) is 71.8 Å². The average molecular weight is 392 g/mol. The topological polar surface area (TPSA) is 49.8 Å². The Bertz CT molecular complexity index is 879. The van der Waals surface area contributed by atoms with Crippen LogP contribution >= 0.6 is 0 Å². The number of hydrogen-bond acceptors (Lipinski definition) is 3. The third-order valence-electron chi connectivity index (χ3n) is 6.53. The number of ether oxygens (including phenoxy) is 1. The van der Waals surface area contributed by atoms with Gasteiger partial charge in [-0.1, -0.05) is 61.4 Å². The SMILES string of the molecule is COc1ccccc1C1[C@@H]2CCCC[C@]2(O)CCN1C(=O)/C=C/c1ccccc1. The number of carbonyl (C=O) groups excluding carboxylic acids is 1. The molecule has 2 aromatic rings. The van der Waals surface area contributed by atoms with Crippen molar-refractivity contribution >= 4 is 12.0 Å². The van der Waals surface area contributed by atoms with Gasteiger partial charge in [0.15, 0.2) is 0 Å². The van der Waals surface area contributed by atoms with Crippen LogP contribution in [0.3, 0.4) is 0 Å². The second-order valence-electron chi connectivity index (χ2n) is 8.17. The van der Waals surface area contributed by atoms with E-state index in [4.69, 9.17) is 4.74 Å². The molecule has 1 aliphatic carbocycles. The lowest BCUT2D eigenvalue weighted by molar-refractivity contribution is -0.151. The highest BCUT2D eigenvalue weighted by Gasteiger charge is 2.50. The molecule has 3 atom stereocenters. The number of amides is 1. The lowest BCUT2D eigenvalue weighted by Crippen LogP contribution is -2.56. The van der Waals surface area contributed by atoms with Crippen LogP contribution in [0, 0.1) is 5.92 Å². The molecule has 152 valence electrons. The van der Waals surface area contributed by atoms with Gasteiger partial charge in [0, 0.05) is 24.1 Å². The Morgan fingerprint density at radius 3 is 2.66 bits per heavy atom. The number of likely N-dealkylation sites (tertiary alicyclic amines) is 1. The van der Waals surface area contributed by atoms with Crippen molar-refractivity contribution in [2.45, 2.75) is 43.7 Å². The Labute approximate surface area is 172 Å².